The first-order valence-corrected chi connectivity index (χ1v) is 7.24. The zero-order valence-electron chi connectivity index (χ0n) is 11.8. The second-order valence-electron chi connectivity index (χ2n) is 4.89. The van der Waals surface area contributed by atoms with Crippen LogP contribution in [0.4, 0.5) is 0 Å². The van der Waals surface area contributed by atoms with Gasteiger partial charge in [-0.25, -0.2) is 0 Å². The number of ether oxygens (including phenoxy) is 1. The van der Waals surface area contributed by atoms with Crippen molar-refractivity contribution in [3.8, 4) is 11.5 Å². The van der Waals surface area contributed by atoms with E-state index in [1.165, 1.54) is 5.39 Å². The molecular weight excluding hydrogens is 282 g/mol. The van der Waals surface area contributed by atoms with E-state index in [0.717, 1.165) is 29.0 Å². The van der Waals surface area contributed by atoms with Gasteiger partial charge in [0.05, 0.1) is 0 Å². The van der Waals surface area contributed by atoms with E-state index in [-0.39, 0.29) is 0 Å². The molecule has 3 rings (SSSR count). The Morgan fingerprint density at radius 3 is 2.57 bits per heavy atom. The lowest BCUT2D eigenvalue weighted by molar-refractivity contribution is 0.475. The molecule has 0 saturated heterocycles. The van der Waals surface area contributed by atoms with Crippen molar-refractivity contribution >= 4 is 22.4 Å². The maximum atomic E-state index is 6.08. The molecular formula is C18H16ClNO. The van der Waals surface area contributed by atoms with Crippen molar-refractivity contribution in [2.24, 2.45) is 0 Å². The molecule has 3 aromatic carbocycles. The van der Waals surface area contributed by atoms with Crippen LogP contribution >= 0.6 is 11.6 Å². The molecule has 0 heterocycles. The average molecular weight is 298 g/mol. The third-order valence-corrected chi connectivity index (χ3v) is 3.58. The van der Waals surface area contributed by atoms with Crippen LogP contribution in [0.15, 0.2) is 60.7 Å². The van der Waals surface area contributed by atoms with Gasteiger partial charge in [-0.05, 0) is 42.1 Å². The van der Waals surface area contributed by atoms with E-state index in [1.807, 2.05) is 49.5 Å². The Morgan fingerprint density at radius 1 is 0.952 bits per heavy atom. The predicted octanol–water partition coefficient (Wildman–Crippen LogP) is 5.00. The molecule has 0 aliphatic heterocycles. The summed E-state index contributed by atoms with van der Waals surface area (Å²) in [6.45, 7) is 0.736. The molecule has 106 valence electrons. The van der Waals surface area contributed by atoms with Crippen LogP contribution in [0.5, 0.6) is 11.5 Å². The van der Waals surface area contributed by atoms with E-state index in [4.69, 9.17) is 16.3 Å². The summed E-state index contributed by atoms with van der Waals surface area (Å²) in [6.07, 6.45) is 0. The minimum Gasteiger partial charge on any atom is -0.457 e. The standard InChI is InChI=1S/C18H16ClNO/c1-20-12-15-6-8-16(19)11-18(15)21-17-9-7-13-4-2-3-5-14(13)10-17/h2-11,20H,12H2,1H3. The first-order chi connectivity index (χ1) is 10.3. The van der Waals surface area contributed by atoms with Crippen LogP contribution in [0.2, 0.25) is 5.02 Å². The summed E-state index contributed by atoms with van der Waals surface area (Å²) < 4.78 is 6.03. The van der Waals surface area contributed by atoms with Crippen LogP contribution in [0.1, 0.15) is 5.56 Å². The third-order valence-electron chi connectivity index (χ3n) is 3.35. The lowest BCUT2D eigenvalue weighted by Crippen LogP contribution is -2.06. The molecule has 1 N–H and O–H groups in total. The Labute approximate surface area is 129 Å². The fourth-order valence-corrected chi connectivity index (χ4v) is 2.48. The zero-order chi connectivity index (χ0) is 14.7. The van der Waals surface area contributed by atoms with Crippen molar-refractivity contribution in [2.75, 3.05) is 7.05 Å². The Balaban J connectivity index is 1.95. The average Bonchev–Trinajstić information content (AvgIpc) is 2.50. The van der Waals surface area contributed by atoms with Gasteiger partial charge in [0.2, 0.25) is 0 Å². The van der Waals surface area contributed by atoms with Crippen molar-refractivity contribution in [3.63, 3.8) is 0 Å². The second-order valence-corrected chi connectivity index (χ2v) is 5.33. The number of rotatable bonds is 4. The summed E-state index contributed by atoms with van der Waals surface area (Å²) in [4.78, 5) is 0. The fraction of sp³-hybridized carbons (Fsp3) is 0.111. The Morgan fingerprint density at radius 2 is 1.76 bits per heavy atom. The van der Waals surface area contributed by atoms with E-state index >= 15 is 0 Å². The zero-order valence-corrected chi connectivity index (χ0v) is 12.5. The van der Waals surface area contributed by atoms with E-state index in [9.17, 15) is 0 Å². The first kappa shape index (κ1) is 13.9. The van der Waals surface area contributed by atoms with Crippen LogP contribution < -0.4 is 10.1 Å². The van der Waals surface area contributed by atoms with Crippen molar-refractivity contribution < 1.29 is 4.74 Å². The van der Waals surface area contributed by atoms with Crippen LogP contribution in [-0.2, 0) is 6.54 Å². The number of nitrogens with one attached hydrogen (secondary N) is 1. The van der Waals surface area contributed by atoms with Gasteiger partial charge in [-0.2, -0.15) is 0 Å². The second kappa shape index (κ2) is 6.17. The maximum Gasteiger partial charge on any atom is 0.133 e. The van der Waals surface area contributed by atoms with Gasteiger partial charge < -0.3 is 10.1 Å². The monoisotopic (exact) mass is 297 g/mol. The number of hydrogen-bond acceptors (Lipinski definition) is 2. The van der Waals surface area contributed by atoms with Gasteiger partial charge in [0, 0.05) is 17.1 Å². The van der Waals surface area contributed by atoms with Crippen LogP contribution in [0.3, 0.4) is 0 Å². The largest absolute Gasteiger partial charge is 0.457 e. The molecule has 0 unspecified atom stereocenters. The smallest absolute Gasteiger partial charge is 0.133 e. The molecule has 0 amide bonds. The summed E-state index contributed by atoms with van der Waals surface area (Å²) in [5.41, 5.74) is 1.08. The van der Waals surface area contributed by atoms with E-state index in [1.54, 1.807) is 0 Å². The van der Waals surface area contributed by atoms with E-state index < -0.39 is 0 Å². The molecule has 0 bridgehead atoms. The normalized spacial score (nSPS) is 10.8. The molecule has 21 heavy (non-hydrogen) atoms. The van der Waals surface area contributed by atoms with Crippen molar-refractivity contribution in [1.82, 2.24) is 5.32 Å². The topological polar surface area (TPSA) is 21.3 Å². The molecule has 0 aliphatic rings. The highest BCUT2D eigenvalue weighted by Crippen LogP contribution is 2.30. The summed E-state index contributed by atoms with van der Waals surface area (Å²) in [6, 6.07) is 20.0. The minimum atomic E-state index is 0.672. The third kappa shape index (κ3) is 3.18. The van der Waals surface area contributed by atoms with Gasteiger partial charge in [0.25, 0.3) is 0 Å². The predicted molar refractivity (Wildman–Crippen MR) is 88.2 cm³/mol. The van der Waals surface area contributed by atoms with Crippen LogP contribution in [0.25, 0.3) is 10.8 Å². The lowest BCUT2D eigenvalue weighted by Gasteiger charge is -2.12. The molecule has 0 saturated carbocycles. The highest BCUT2D eigenvalue weighted by atomic mass is 35.5. The molecule has 0 spiro atoms. The fourth-order valence-electron chi connectivity index (χ4n) is 2.32. The Bertz CT molecular complexity index is 770. The van der Waals surface area contributed by atoms with Crippen molar-refractivity contribution in [1.29, 1.82) is 0 Å². The van der Waals surface area contributed by atoms with Gasteiger partial charge in [-0.1, -0.05) is 48.0 Å². The van der Waals surface area contributed by atoms with Crippen molar-refractivity contribution in [3.05, 3.63) is 71.2 Å². The van der Waals surface area contributed by atoms with Crippen LogP contribution in [-0.4, -0.2) is 7.05 Å². The first-order valence-electron chi connectivity index (χ1n) is 6.86. The lowest BCUT2D eigenvalue weighted by atomic mass is 10.1. The van der Waals surface area contributed by atoms with E-state index in [0.29, 0.717) is 5.02 Å². The van der Waals surface area contributed by atoms with Gasteiger partial charge >= 0.3 is 0 Å². The molecule has 0 radical (unpaired) electrons. The Hall–Kier alpha value is -2.03. The summed E-state index contributed by atoms with van der Waals surface area (Å²) in [7, 11) is 1.91. The van der Waals surface area contributed by atoms with Gasteiger partial charge in [0.1, 0.15) is 11.5 Å². The highest BCUT2D eigenvalue weighted by Gasteiger charge is 2.06. The SMILES string of the molecule is CNCc1ccc(Cl)cc1Oc1ccc2ccccc2c1. The Kier molecular flexibility index (Phi) is 4.09. The molecule has 0 atom stereocenters. The summed E-state index contributed by atoms with van der Waals surface area (Å²) >= 11 is 6.08. The summed E-state index contributed by atoms with van der Waals surface area (Å²) in [5, 5.41) is 6.17. The van der Waals surface area contributed by atoms with Gasteiger partial charge in [0.15, 0.2) is 0 Å². The molecule has 3 heteroatoms. The minimum absolute atomic E-state index is 0.672. The number of benzene rings is 3. The molecule has 0 fully saturated rings. The molecule has 0 aliphatic carbocycles. The van der Waals surface area contributed by atoms with Gasteiger partial charge in [-0.15, -0.1) is 0 Å². The quantitative estimate of drug-likeness (QED) is 0.731. The number of halogens is 1. The van der Waals surface area contributed by atoms with E-state index in [2.05, 4.69) is 23.5 Å². The molecule has 2 nitrogen and oxygen atoms in total. The number of hydrogen-bond donors (Lipinski definition) is 1. The molecule has 3 aromatic rings. The van der Waals surface area contributed by atoms with Crippen molar-refractivity contribution in [2.45, 2.75) is 6.54 Å². The van der Waals surface area contributed by atoms with Gasteiger partial charge in [-0.3, -0.25) is 0 Å². The number of fused-ring (bicyclic) bond motifs is 1. The maximum absolute atomic E-state index is 6.08. The van der Waals surface area contributed by atoms with Crippen LogP contribution in [0, 0.1) is 0 Å². The highest BCUT2D eigenvalue weighted by molar-refractivity contribution is 6.30. The molecule has 0 aromatic heterocycles. The summed E-state index contributed by atoms with van der Waals surface area (Å²) in [5.74, 6) is 1.60.